The third kappa shape index (κ3) is 1.36. The van der Waals surface area contributed by atoms with Crippen LogP contribution in [0.5, 0.6) is 0 Å². The Kier molecular flexibility index (Phi) is 2.06. The fourth-order valence-corrected chi connectivity index (χ4v) is 0.821. The predicted octanol–water partition coefficient (Wildman–Crippen LogP) is 2.11. The summed E-state index contributed by atoms with van der Waals surface area (Å²) in [5.41, 5.74) is 0.290. The van der Waals surface area contributed by atoms with Gasteiger partial charge in [-0.05, 0) is 18.2 Å². The van der Waals surface area contributed by atoms with Crippen molar-refractivity contribution in [3.05, 3.63) is 29.6 Å². The second-order valence-electron chi connectivity index (χ2n) is 1.85. The molecule has 0 aliphatic heterocycles. The zero-order chi connectivity index (χ0) is 7.56. The lowest BCUT2D eigenvalue weighted by molar-refractivity contribution is 0.622. The highest BCUT2D eigenvalue weighted by Crippen LogP contribution is 2.10. The van der Waals surface area contributed by atoms with Gasteiger partial charge in [-0.25, -0.2) is 4.39 Å². The molecule has 0 heterocycles. The van der Waals surface area contributed by atoms with E-state index in [0.29, 0.717) is 4.90 Å². The summed E-state index contributed by atoms with van der Waals surface area (Å²) in [6.07, 6.45) is 0.975. The number of rotatable bonds is 1. The molecule has 1 aromatic carbocycles. The highest BCUT2D eigenvalue weighted by atomic mass is 32.1. The number of hydrogen-bond donors (Lipinski definition) is 2. The third-order valence-electron chi connectivity index (χ3n) is 1.14. The standard InChI is InChI=1S/C7H6FNS/c8-7-3-6(10)2-1-5(7)4-9/h1-4,9-10H. The molecule has 0 aliphatic carbocycles. The van der Waals surface area contributed by atoms with Gasteiger partial charge < -0.3 is 5.41 Å². The Balaban J connectivity index is 3.19. The van der Waals surface area contributed by atoms with Gasteiger partial charge >= 0.3 is 0 Å². The second kappa shape index (κ2) is 2.84. The first kappa shape index (κ1) is 7.28. The largest absolute Gasteiger partial charge is 0.308 e. The van der Waals surface area contributed by atoms with Crippen LogP contribution < -0.4 is 0 Å². The van der Waals surface area contributed by atoms with Crippen molar-refractivity contribution in [1.82, 2.24) is 0 Å². The smallest absolute Gasteiger partial charge is 0.133 e. The van der Waals surface area contributed by atoms with Crippen LogP contribution in [0.4, 0.5) is 4.39 Å². The molecule has 0 radical (unpaired) electrons. The maximum Gasteiger partial charge on any atom is 0.133 e. The van der Waals surface area contributed by atoms with Gasteiger partial charge in [-0.3, -0.25) is 0 Å². The van der Waals surface area contributed by atoms with Gasteiger partial charge in [0.05, 0.1) is 0 Å². The van der Waals surface area contributed by atoms with Crippen molar-refractivity contribution in [3.8, 4) is 0 Å². The lowest BCUT2D eigenvalue weighted by Crippen LogP contribution is -1.85. The molecule has 1 aromatic rings. The van der Waals surface area contributed by atoms with E-state index in [1.165, 1.54) is 12.1 Å². The first-order valence-corrected chi connectivity index (χ1v) is 3.18. The van der Waals surface area contributed by atoms with Crippen LogP contribution in [0.15, 0.2) is 23.1 Å². The molecule has 0 amide bonds. The number of thiol groups is 1. The van der Waals surface area contributed by atoms with E-state index in [2.05, 4.69) is 12.6 Å². The van der Waals surface area contributed by atoms with Crippen LogP contribution >= 0.6 is 12.6 Å². The molecule has 0 spiro atoms. The average Bonchev–Trinajstić information content (AvgIpc) is 1.88. The Morgan fingerprint density at radius 1 is 1.50 bits per heavy atom. The van der Waals surface area contributed by atoms with Crippen molar-refractivity contribution in [3.63, 3.8) is 0 Å². The summed E-state index contributed by atoms with van der Waals surface area (Å²) in [6, 6.07) is 4.45. The lowest BCUT2D eigenvalue weighted by Gasteiger charge is -1.94. The van der Waals surface area contributed by atoms with Crippen molar-refractivity contribution in [1.29, 1.82) is 5.41 Å². The summed E-state index contributed by atoms with van der Waals surface area (Å²) in [5.74, 6) is -0.400. The van der Waals surface area contributed by atoms with E-state index in [9.17, 15) is 4.39 Å². The third-order valence-corrected chi connectivity index (χ3v) is 1.42. The van der Waals surface area contributed by atoms with Crippen molar-refractivity contribution < 1.29 is 4.39 Å². The molecule has 0 aromatic heterocycles. The number of hydrogen-bond acceptors (Lipinski definition) is 2. The summed E-state index contributed by atoms with van der Waals surface area (Å²) in [4.78, 5) is 0.572. The van der Waals surface area contributed by atoms with E-state index in [-0.39, 0.29) is 5.56 Å². The molecule has 1 nitrogen and oxygen atoms in total. The van der Waals surface area contributed by atoms with Crippen LogP contribution in [0.2, 0.25) is 0 Å². The van der Waals surface area contributed by atoms with Crippen LogP contribution in [0.25, 0.3) is 0 Å². The second-order valence-corrected chi connectivity index (χ2v) is 2.37. The Morgan fingerprint density at radius 3 is 2.70 bits per heavy atom. The Bertz CT molecular complexity index is 260. The topological polar surface area (TPSA) is 23.9 Å². The van der Waals surface area contributed by atoms with E-state index in [1.807, 2.05) is 0 Å². The fraction of sp³-hybridized carbons (Fsp3) is 0. The van der Waals surface area contributed by atoms with E-state index in [0.717, 1.165) is 6.21 Å². The minimum atomic E-state index is -0.400. The van der Waals surface area contributed by atoms with E-state index in [4.69, 9.17) is 5.41 Å². The molecule has 1 N–H and O–H groups in total. The lowest BCUT2D eigenvalue weighted by atomic mass is 10.2. The molecule has 0 unspecified atom stereocenters. The minimum Gasteiger partial charge on any atom is -0.308 e. The Labute approximate surface area is 63.8 Å². The normalized spacial score (nSPS) is 9.40. The molecular formula is C7H6FNS. The molecule has 0 fully saturated rings. The van der Waals surface area contributed by atoms with E-state index < -0.39 is 5.82 Å². The van der Waals surface area contributed by atoms with Crippen molar-refractivity contribution in [2.75, 3.05) is 0 Å². The van der Waals surface area contributed by atoms with Gasteiger partial charge in [-0.15, -0.1) is 12.6 Å². The van der Waals surface area contributed by atoms with Gasteiger partial charge in [0.2, 0.25) is 0 Å². The number of nitrogens with one attached hydrogen (secondary N) is 1. The van der Waals surface area contributed by atoms with Crippen LogP contribution in [-0.2, 0) is 0 Å². The van der Waals surface area contributed by atoms with Gasteiger partial charge in [0.1, 0.15) is 5.82 Å². The summed E-state index contributed by atoms with van der Waals surface area (Å²) < 4.78 is 12.7. The summed E-state index contributed by atoms with van der Waals surface area (Å²) in [7, 11) is 0. The van der Waals surface area contributed by atoms with Crippen molar-refractivity contribution in [2.24, 2.45) is 0 Å². The van der Waals surface area contributed by atoms with Gasteiger partial charge in [-0.2, -0.15) is 0 Å². The molecule has 0 aliphatic rings. The molecule has 1 rings (SSSR count). The van der Waals surface area contributed by atoms with Crippen LogP contribution in [-0.4, -0.2) is 6.21 Å². The monoisotopic (exact) mass is 155 g/mol. The van der Waals surface area contributed by atoms with E-state index in [1.54, 1.807) is 6.07 Å². The fourth-order valence-electron chi connectivity index (χ4n) is 0.633. The number of halogens is 1. The number of benzene rings is 1. The van der Waals surface area contributed by atoms with Gasteiger partial charge in [0, 0.05) is 16.7 Å². The first-order valence-electron chi connectivity index (χ1n) is 2.73. The molecule has 0 saturated heterocycles. The predicted molar refractivity (Wildman–Crippen MR) is 41.5 cm³/mol. The quantitative estimate of drug-likeness (QED) is 0.458. The highest BCUT2D eigenvalue weighted by Gasteiger charge is 1.96. The molecule has 0 saturated carbocycles. The molecular weight excluding hydrogens is 149 g/mol. The minimum absolute atomic E-state index is 0.290. The maximum absolute atomic E-state index is 12.7. The van der Waals surface area contributed by atoms with Crippen molar-refractivity contribution >= 4 is 18.8 Å². The van der Waals surface area contributed by atoms with Gasteiger partial charge in [0.15, 0.2) is 0 Å². The van der Waals surface area contributed by atoms with E-state index >= 15 is 0 Å². The Hall–Kier alpha value is -0.830. The first-order chi connectivity index (χ1) is 4.74. The Morgan fingerprint density at radius 2 is 2.20 bits per heavy atom. The van der Waals surface area contributed by atoms with Crippen molar-refractivity contribution in [2.45, 2.75) is 4.90 Å². The van der Waals surface area contributed by atoms with Crippen LogP contribution in [0, 0.1) is 11.2 Å². The molecule has 52 valence electrons. The van der Waals surface area contributed by atoms with Gasteiger partial charge in [-0.1, -0.05) is 0 Å². The average molecular weight is 155 g/mol. The summed E-state index contributed by atoms with van der Waals surface area (Å²) in [6.45, 7) is 0. The zero-order valence-corrected chi connectivity index (χ0v) is 6.03. The molecule has 10 heavy (non-hydrogen) atoms. The highest BCUT2D eigenvalue weighted by molar-refractivity contribution is 7.80. The molecule has 3 heteroatoms. The molecule has 0 bridgehead atoms. The van der Waals surface area contributed by atoms with Gasteiger partial charge in [0.25, 0.3) is 0 Å². The van der Waals surface area contributed by atoms with Crippen LogP contribution in [0.3, 0.4) is 0 Å². The summed E-state index contributed by atoms with van der Waals surface area (Å²) >= 11 is 3.93. The maximum atomic E-state index is 12.7. The molecule has 0 atom stereocenters. The van der Waals surface area contributed by atoms with Crippen LogP contribution in [0.1, 0.15) is 5.56 Å². The zero-order valence-electron chi connectivity index (χ0n) is 5.13. The summed E-state index contributed by atoms with van der Waals surface area (Å²) in [5, 5.41) is 6.77. The SMILES string of the molecule is N=Cc1ccc(S)cc1F.